The van der Waals surface area contributed by atoms with E-state index in [1.165, 1.54) is 0 Å². The van der Waals surface area contributed by atoms with Crippen molar-refractivity contribution in [3.05, 3.63) is 0 Å². The average Bonchev–Trinajstić information content (AvgIpc) is 2.01. The monoisotopic (exact) mass is 175 g/mol. The van der Waals surface area contributed by atoms with Crippen LogP contribution in [0.2, 0.25) is 0 Å². The van der Waals surface area contributed by atoms with Gasteiger partial charge in [0, 0.05) is 26.8 Å². The zero-order chi connectivity index (χ0) is 9.40. The Balaban J connectivity index is 3.15. The molecule has 0 saturated carbocycles. The molecular formula is C9H21NO2. The summed E-state index contributed by atoms with van der Waals surface area (Å²) in [6, 6.07) is 0. The van der Waals surface area contributed by atoms with Gasteiger partial charge >= 0.3 is 0 Å². The van der Waals surface area contributed by atoms with Crippen LogP contribution in [0.25, 0.3) is 0 Å². The second kappa shape index (κ2) is 7.53. The van der Waals surface area contributed by atoms with Crippen LogP contribution in [0.4, 0.5) is 0 Å². The third-order valence-electron chi connectivity index (χ3n) is 1.82. The maximum atomic E-state index is 9.02. The number of hydrogen-bond donors (Lipinski definition) is 1. The fraction of sp³-hybridized carbons (Fsp3) is 1.00. The number of rotatable bonds is 7. The van der Waals surface area contributed by atoms with E-state index in [-0.39, 0.29) is 6.10 Å². The fourth-order valence-electron chi connectivity index (χ4n) is 0.998. The molecule has 0 bridgehead atoms. The lowest BCUT2D eigenvalue weighted by molar-refractivity contribution is 0.153. The Bertz CT molecular complexity index is 96.5. The van der Waals surface area contributed by atoms with E-state index in [9.17, 15) is 0 Å². The predicted molar refractivity (Wildman–Crippen MR) is 50.3 cm³/mol. The van der Waals surface area contributed by atoms with Gasteiger partial charge in [-0.15, -0.1) is 0 Å². The van der Waals surface area contributed by atoms with Crippen molar-refractivity contribution in [3.63, 3.8) is 0 Å². The van der Waals surface area contributed by atoms with Crippen molar-refractivity contribution in [1.29, 1.82) is 0 Å². The highest BCUT2D eigenvalue weighted by molar-refractivity contribution is 4.54. The van der Waals surface area contributed by atoms with Gasteiger partial charge in [0.25, 0.3) is 0 Å². The zero-order valence-corrected chi connectivity index (χ0v) is 8.42. The summed E-state index contributed by atoms with van der Waals surface area (Å²) in [6.45, 7) is 4.64. The van der Waals surface area contributed by atoms with Crippen molar-refractivity contribution in [2.75, 3.05) is 33.9 Å². The molecule has 0 aromatic rings. The quantitative estimate of drug-likeness (QED) is 0.579. The molecule has 1 unspecified atom stereocenters. The van der Waals surface area contributed by atoms with Crippen LogP contribution in [0.5, 0.6) is 0 Å². The molecular weight excluding hydrogens is 154 g/mol. The summed E-state index contributed by atoms with van der Waals surface area (Å²) in [5, 5.41) is 9.02. The highest BCUT2D eigenvalue weighted by Gasteiger charge is 2.00. The largest absolute Gasteiger partial charge is 0.393 e. The van der Waals surface area contributed by atoms with E-state index in [0.717, 1.165) is 32.5 Å². The van der Waals surface area contributed by atoms with Gasteiger partial charge < -0.3 is 14.7 Å². The Labute approximate surface area is 75.3 Å². The first kappa shape index (κ1) is 11.9. The molecule has 0 aliphatic carbocycles. The third kappa shape index (κ3) is 7.98. The molecule has 0 radical (unpaired) electrons. The number of aliphatic hydroxyl groups excluding tert-OH is 1. The summed E-state index contributed by atoms with van der Waals surface area (Å²) >= 11 is 0. The molecule has 0 amide bonds. The van der Waals surface area contributed by atoms with E-state index in [2.05, 4.69) is 11.9 Å². The van der Waals surface area contributed by atoms with Crippen molar-refractivity contribution in [2.24, 2.45) is 0 Å². The maximum absolute atomic E-state index is 9.02. The van der Waals surface area contributed by atoms with E-state index in [0.29, 0.717) is 0 Å². The molecule has 12 heavy (non-hydrogen) atoms. The molecule has 0 saturated heterocycles. The summed E-state index contributed by atoms with van der Waals surface area (Å²) in [5.41, 5.74) is 0. The second-order valence-corrected chi connectivity index (χ2v) is 3.29. The first-order chi connectivity index (χ1) is 5.66. The average molecular weight is 175 g/mol. The minimum absolute atomic E-state index is 0.185. The van der Waals surface area contributed by atoms with Gasteiger partial charge in [0.2, 0.25) is 0 Å². The van der Waals surface area contributed by atoms with Crippen molar-refractivity contribution in [2.45, 2.75) is 25.9 Å². The summed E-state index contributed by atoms with van der Waals surface area (Å²) in [6.07, 6.45) is 1.73. The van der Waals surface area contributed by atoms with E-state index >= 15 is 0 Å². The highest BCUT2D eigenvalue weighted by atomic mass is 16.5. The van der Waals surface area contributed by atoms with Gasteiger partial charge in [-0.2, -0.15) is 0 Å². The normalized spacial score (nSPS) is 13.8. The van der Waals surface area contributed by atoms with Gasteiger partial charge in [-0.05, 0) is 26.8 Å². The van der Waals surface area contributed by atoms with Gasteiger partial charge in [-0.25, -0.2) is 0 Å². The number of aliphatic hydroxyl groups is 1. The van der Waals surface area contributed by atoms with Crippen LogP contribution in [0.15, 0.2) is 0 Å². The zero-order valence-electron chi connectivity index (χ0n) is 8.42. The molecule has 0 aromatic carbocycles. The molecule has 0 aliphatic heterocycles. The van der Waals surface area contributed by atoms with Gasteiger partial charge in [-0.1, -0.05) is 0 Å². The number of methoxy groups -OCH3 is 1. The maximum Gasteiger partial charge on any atom is 0.0524 e. The smallest absolute Gasteiger partial charge is 0.0524 e. The lowest BCUT2D eigenvalue weighted by Crippen LogP contribution is -2.24. The first-order valence-electron chi connectivity index (χ1n) is 4.52. The molecule has 0 aliphatic rings. The Kier molecular flexibility index (Phi) is 7.45. The molecule has 0 aromatic heterocycles. The SMILES string of the molecule is COCCCN(C)CCC(C)O. The number of hydrogen-bond acceptors (Lipinski definition) is 3. The van der Waals surface area contributed by atoms with Crippen LogP contribution >= 0.6 is 0 Å². The second-order valence-electron chi connectivity index (χ2n) is 3.29. The lowest BCUT2D eigenvalue weighted by atomic mass is 10.2. The van der Waals surface area contributed by atoms with Gasteiger partial charge in [0.15, 0.2) is 0 Å². The Morgan fingerprint density at radius 2 is 2.08 bits per heavy atom. The summed E-state index contributed by atoms with van der Waals surface area (Å²) in [4.78, 5) is 2.21. The number of ether oxygens (including phenoxy) is 1. The molecule has 0 heterocycles. The molecule has 3 heteroatoms. The molecule has 1 atom stereocenters. The van der Waals surface area contributed by atoms with Gasteiger partial charge in [0.1, 0.15) is 0 Å². The minimum Gasteiger partial charge on any atom is -0.393 e. The number of nitrogens with zero attached hydrogens (tertiary/aromatic N) is 1. The molecule has 3 nitrogen and oxygen atoms in total. The molecule has 0 fully saturated rings. The Morgan fingerprint density at radius 1 is 1.42 bits per heavy atom. The van der Waals surface area contributed by atoms with Crippen LogP contribution in [0.3, 0.4) is 0 Å². The molecule has 0 rings (SSSR count). The van der Waals surface area contributed by atoms with E-state index in [4.69, 9.17) is 9.84 Å². The van der Waals surface area contributed by atoms with Crippen LogP contribution < -0.4 is 0 Å². The highest BCUT2D eigenvalue weighted by Crippen LogP contribution is 1.94. The molecule has 0 spiro atoms. The standard InChI is InChI=1S/C9H21NO2/c1-9(11)5-7-10(2)6-4-8-12-3/h9,11H,4-8H2,1-3H3. The summed E-state index contributed by atoms with van der Waals surface area (Å²) in [5.74, 6) is 0. The minimum atomic E-state index is -0.185. The van der Waals surface area contributed by atoms with Crippen LogP contribution in [-0.4, -0.2) is 50.0 Å². The summed E-state index contributed by atoms with van der Waals surface area (Å²) in [7, 11) is 3.79. The molecule has 1 N–H and O–H groups in total. The third-order valence-corrected chi connectivity index (χ3v) is 1.82. The first-order valence-corrected chi connectivity index (χ1v) is 4.52. The van der Waals surface area contributed by atoms with E-state index < -0.39 is 0 Å². The Hall–Kier alpha value is -0.120. The fourth-order valence-corrected chi connectivity index (χ4v) is 0.998. The van der Waals surface area contributed by atoms with Crippen LogP contribution in [0, 0.1) is 0 Å². The van der Waals surface area contributed by atoms with E-state index in [1.807, 2.05) is 6.92 Å². The predicted octanol–water partition coefficient (Wildman–Crippen LogP) is 0.726. The van der Waals surface area contributed by atoms with Crippen LogP contribution in [0.1, 0.15) is 19.8 Å². The summed E-state index contributed by atoms with van der Waals surface area (Å²) < 4.78 is 4.94. The van der Waals surface area contributed by atoms with Crippen molar-refractivity contribution in [1.82, 2.24) is 4.90 Å². The van der Waals surface area contributed by atoms with Crippen molar-refractivity contribution >= 4 is 0 Å². The molecule has 74 valence electrons. The van der Waals surface area contributed by atoms with Gasteiger partial charge in [-0.3, -0.25) is 0 Å². The Morgan fingerprint density at radius 3 is 2.58 bits per heavy atom. The topological polar surface area (TPSA) is 32.7 Å². The van der Waals surface area contributed by atoms with Crippen molar-refractivity contribution < 1.29 is 9.84 Å². The lowest BCUT2D eigenvalue weighted by Gasteiger charge is -2.16. The van der Waals surface area contributed by atoms with Crippen LogP contribution in [-0.2, 0) is 4.74 Å². The van der Waals surface area contributed by atoms with E-state index in [1.54, 1.807) is 7.11 Å². The van der Waals surface area contributed by atoms with Gasteiger partial charge in [0.05, 0.1) is 6.10 Å². The van der Waals surface area contributed by atoms with Crippen molar-refractivity contribution in [3.8, 4) is 0 Å².